The highest BCUT2D eigenvalue weighted by atomic mass is 32.1. The molecule has 0 bridgehead atoms. The van der Waals surface area contributed by atoms with Crippen LogP contribution in [0.1, 0.15) is 0 Å². The fourth-order valence-corrected chi connectivity index (χ4v) is 0.495. The van der Waals surface area contributed by atoms with Gasteiger partial charge in [-0.05, 0) is 7.05 Å². The van der Waals surface area contributed by atoms with Gasteiger partial charge in [0.05, 0.1) is 5.25 Å². The predicted molar refractivity (Wildman–Crippen MR) is 41.4 cm³/mol. The third-order valence-corrected chi connectivity index (χ3v) is 2.36. The van der Waals surface area contributed by atoms with E-state index in [1.807, 2.05) is 0 Å². The zero-order valence-corrected chi connectivity index (χ0v) is 6.71. The van der Waals surface area contributed by atoms with Crippen LogP contribution in [0.4, 0.5) is 0 Å². The summed E-state index contributed by atoms with van der Waals surface area (Å²) in [6.07, 6.45) is 0.803. The van der Waals surface area contributed by atoms with Gasteiger partial charge in [0.25, 0.3) is 0 Å². The van der Waals surface area contributed by atoms with E-state index < -0.39 is 0 Å². The van der Waals surface area contributed by atoms with Gasteiger partial charge in [-0.2, -0.15) is 12.6 Å². The molecule has 0 fully saturated rings. The van der Waals surface area contributed by atoms with Crippen molar-refractivity contribution in [3.8, 4) is 0 Å². The van der Waals surface area contributed by atoms with E-state index in [2.05, 4.69) is 27.2 Å². The Morgan fingerprint density at radius 1 is 1.88 bits per heavy atom. The molecule has 0 heterocycles. The lowest BCUT2D eigenvalue weighted by atomic mass is 10.4. The molecule has 48 valence electrons. The lowest BCUT2D eigenvalue weighted by molar-refractivity contribution is -0.107. The molecule has 0 aromatic heterocycles. The Kier molecular flexibility index (Phi) is 4.53. The third-order valence-electron chi connectivity index (χ3n) is 0.841. The maximum Gasteiger partial charge on any atom is 0.134 e. The molecular formula is C4H10NOPS. The fraction of sp³-hybridized carbons (Fsp3) is 0.750. The average Bonchev–Trinajstić information content (AvgIpc) is 1.84. The van der Waals surface area contributed by atoms with Crippen LogP contribution in [0.2, 0.25) is 0 Å². The standard InChI is InChI=1S/C4H10NOPS/c1-5-4(7)3(8)2-6/h2-5,8H,7H2,1H3. The molecule has 0 saturated carbocycles. The second-order valence-electron chi connectivity index (χ2n) is 1.44. The van der Waals surface area contributed by atoms with Gasteiger partial charge in [-0.25, -0.2) is 0 Å². The van der Waals surface area contributed by atoms with Crippen molar-refractivity contribution < 1.29 is 4.79 Å². The highest BCUT2D eigenvalue weighted by Gasteiger charge is 2.07. The number of thiol groups is 1. The third kappa shape index (κ3) is 2.65. The second-order valence-corrected chi connectivity index (χ2v) is 2.76. The molecule has 4 heteroatoms. The zero-order valence-electron chi connectivity index (χ0n) is 4.66. The first-order chi connectivity index (χ1) is 3.72. The molecule has 0 aliphatic heterocycles. The van der Waals surface area contributed by atoms with Crippen molar-refractivity contribution in [1.82, 2.24) is 5.32 Å². The zero-order chi connectivity index (χ0) is 6.57. The van der Waals surface area contributed by atoms with Crippen molar-refractivity contribution in [3.05, 3.63) is 0 Å². The summed E-state index contributed by atoms with van der Waals surface area (Å²) in [5, 5.41) is 2.65. The van der Waals surface area contributed by atoms with Gasteiger partial charge in [0, 0.05) is 5.78 Å². The minimum Gasteiger partial charge on any atom is -0.312 e. The Morgan fingerprint density at radius 2 is 2.38 bits per heavy atom. The summed E-state index contributed by atoms with van der Waals surface area (Å²) in [5.74, 6) is 0.0795. The first-order valence-corrected chi connectivity index (χ1v) is 3.47. The summed E-state index contributed by atoms with van der Waals surface area (Å²) in [5.41, 5.74) is 0. The van der Waals surface area contributed by atoms with E-state index in [0.717, 1.165) is 6.29 Å². The normalized spacial score (nSPS) is 17.4. The summed E-state index contributed by atoms with van der Waals surface area (Å²) in [4.78, 5) is 9.98. The van der Waals surface area contributed by atoms with Gasteiger partial charge in [-0.3, -0.25) is 0 Å². The smallest absolute Gasteiger partial charge is 0.134 e. The molecule has 0 spiro atoms. The Labute approximate surface area is 57.0 Å². The predicted octanol–water partition coefficient (Wildman–Crippen LogP) is -0.0957. The van der Waals surface area contributed by atoms with E-state index in [-0.39, 0.29) is 11.0 Å². The average molecular weight is 151 g/mol. The van der Waals surface area contributed by atoms with Crippen molar-refractivity contribution in [3.63, 3.8) is 0 Å². The molecule has 2 nitrogen and oxygen atoms in total. The number of carbonyl (C=O) groups excluding carboxylic acids is 1. The van der Waals surface area contributed by atoms with Gasteiger partial charge in [-0.15, -0.1) is 9.24 Å². The Morgan fingerprint density at radius 3 is 2.50 bits per heavy atom. The lowest BCUT2D eigenvalue weighted by Crippen LogP contribution is -2.28. The molecule has 0 rings (SSSR count). The van der Waals surface area contributed by atoms with Crippen molar-refractivity contribution in [2.24, 2.45) is 0 Å². The number of aldehydes is 1. The van der Waals surface area contributed by atoms with Crippen molar-refractivity contribution in [2.75, 3.05) is 7.05 Å². The van der Waals surface area contributed by atoms with E-state index in [1.165, 1.54) is 0 Å². The van der Waals surface area contributed by atoms with Gasteiger partial charge in [0.1, 0.15) is 6.29 Å². The van der Waals surface area contributed by atoms with E-state index >= 15 is 0 Å². The number of rotatable bonds is 3. The van der Waals surface area contributed by atoms with Crippen LogP contribution >= 0.6 is 21.9 Å². The van der Waals surface area contributed by atoms with Crippen molar-refractivity contribution in [2.45, 2.75) is 11.0 Å². The summed E-state index contributed by atoms with van der Waals surface area (Å²) >= 11 is 3.95. The van der Waals surface area contributed by atoms with Gasteiger partial charge in [-0.1, -0.05) is 0 Å². The molecule has 0 saturated heterocycles. The number of hydrogen-bond acceptors (Lipinski definition) is 3. The molecule has 1 N–H and O–H groups in total. The largest absolute Gasteiger partial charge is 0.312 e. The minimum absolute atomic E-state index is 0.0795. The second kappa shape index (κ2) is 4.30. The Balaban J connectivity index is 3.44. The molecule has 0 amide bonds. The van der Waals surface area contributed by atoms with Gasteiger partial charge in [0.2, 0.25) is 0 Å². The topological polar surface area (TPSA) is 29.1 Å². The van der Waals surface area contributed by atoms with Crippen LogP contribution < -0.4 is 5.32 Å². The molecule has 3 atom stereocenters. The van der Waals surface area contributed by atoms with E-state index in [0.29, 0.717) is 0 Å². The highest BCUT2D eigenvalue weighted by Crippen LogP contribution is 2.04. The van der Waals surface area contributed by atoms with Gasteiger partial charge in [0.15, 0.2) is 0 Å². The van der Waals surface area contributed by atoms with Crippen LogP contribution in [0.25, 0.3) is 0 Å². The SMILES string of the molecule is CNC(P)C(S)C=O. The maximum atomic E-state index is 9.98. The molecule has 0 aliphatic carbocycles. The molecule has 0 aromatic carbocycles. The highest BCUT2D eigenvalue weighted by molar-refractivity contribution is 7.82. The first-order valence-electron chi connectivity index (χ1n) is 2.28. The summed E-state index contributed by atoms with van der Waals surface area (Å²) in [6.45, 7) is 0. The molecule has 0 aromatic rings. The molecule has 8 heavy (non-hydrogen) atoms. The number of carbonyl (C=O) groups is 1. The fourth-order valence-electron chi connectivity index (χ4n) is 0.255. The van der Waals surface area contributed by atoms with Crippen molar-refractivity contribution >= 4 is 28.2 Å². The molecule has 3 unspecified atom stereocenters. The Hall–Kier alpha value is 0.410. The van der Waals surface area contributed by atoms with Crippen LogP contribution in [-0.2, 0) is 4.79 Å². The van der Waals surface area contributed by atoms with E-state index in [9.17, 15) is 4.79 Å². The maximum absolute atomic E-state index is 9.98. The van der Waals surface area contributed by atoms with Crippen LogP contribution in [-0.4, -0.2) is 24.4 Å². The van der Waals surface area contributed by atoms with Crippen LogP contribution in [0.3, 0.4) is 0 Å². The lowest BCUT2D eigenvalue weighted by Gasteiger charge is -2.10. The van der Waals surface area contributed by atoms with Crippen molar-refractivity contribution in [1.29, 1.82) is 0 Å². The van der Waals surface area contributed by atoms with E-state index in [4.69, 9.17) is 0 Å². The van der Waals surface area contributed by atoms with Gasteiger partial charge < -0.3 is 10.1 Å². The summed E-state index contributed by atoms with van der Waals surface area (Å²) in [7, 11) is 4.26. The van der Waals surface area contributed by atoms with Crippen LogP contribution in [0.15, 0.2) is 0 Å². The van der Waals surface area contributed by atoms with Crippen LogP contribution in [0.5, 0.6) is 0 Å². The number of hydrogen-bond donors (Lipinski definition) is 2. The monoisotopic (exact) mass is 151 g/mol. The molecular weight excluding hydrogens is 141 g/mol. The first kappa shape index (κ1) is 8.41. The summed E-state index contributed by atoms with van der Waals surface area (Å²) < 4.78 is 0. The van der Waals surface area contributed by atoms with E-state index in [1.54, 1.807) is 7.05 Å². The summed E-state index contributed by atoms with van der Waals surface area (Å²) in [6, 6.07) is 0. The van der Waals surface area contributed by atoms with Crippen LogP contribution in [0, 0.1) is 0 Å². The molecule has 0 aliphatic rings. The quantitative estimate of drug-likeness (QED) is 0.335. The van der Waals surface area contributed by atoms with Gasteiger partial charge >= 0.3 is 0 Å². The minimum atomic E-state index is -0.218. The Bertz CT molecular complexity index is 80.4. The molecule has 0 radical (unpaired) electrons. The number of nitrogens with one attached hydrogen (secondary N) is 1.